The molecular weight excluding hydrogens is 336 g/mol. The maximum absolute atomic E-state index is 6.40. The molecule has 1 saturated carbocycles. The van der Waals surface area contributed by atoms with Gasteiger partial charge >= 0.3 is 0 Å². The van der Waals surface area contributed by atoms with Crippen LogP contribution in [-0.2, 0) is 0 Å². The molecule has 1 aromatic rings. The SMILES string of the molecule is CC1CCC(N(C)C(CN)c2ccc(Br)cc2Cl)CC1. The lowest BCUT2D eigenvalue weighted by molar-refractivity contribution is 0.126. The standard InChI is InChI=1S/C16H24BrClN2/c1-11-3-6-13(7-4-11)20(2)16(10-19)14-8-5-12(17)9-15(14)18/h5,8-9,11,13,16H,3-4,6-7,10,19H2,1-2H3. The molecule has 4 heteroatoms. The van der Waals surface area contributed by atoms with E-state index in [0.717, 1.165) is 21.0 Å². The molecule has 20 heavy (non-hydrogen) atoms. The molecule has 0 aliphatic heterocycles. The Labute approximate surface area is 135 Å². The summed E-state index contributed by atoms with van der Waals surface area (Å²) in [5, 5.41) is 0.797. The van der Waals surface area contributed by atoms with Gasteiger partial charge in [-0.05, 0) is 56.3 Å². The molecule has 0 saturated heterocycles. The highest BCUT2D eigenvalue weighted by atomic mass is 79.9. The molecule has 1 unspecified atom stereocenters. The fourth-order valence-electron chi connectivity index (χ4n) is 3.19. The summed E-state index contributed by atoms with van der Waals surface area (Å²) < 4.78 is 1.01. The third-order valence-electron chi connectivity index (χ3n) is 4.60. The molecule has 0 amide bonds. The van der Waals surface area contributed by atoms with E-state index in [9.17, 15) is 0 Å². The van der Waals surface area contributed by atoms with Gasteiger partial charge in [0, 0.05) is 28.1 Å². The van der Waals surface area contributed by atoms with Crippen molar-refractivity contribution in [1.29, 1.82) is 0 Å². The number of hydrogen-bond acceptors (Lipinski definition) is 2. The van der Waals surface area contributed by atoms with E-state index >= 15 is 0 Å². The molecule has 2 nitrogen and oxygen atoms in total. The Kier molecular flexibility index (Phi) is 5.91. The number of nitrogens with zero attached hydrogens (tertiary/aromatic N) is 1. The summed E-state index contributed by atoms with van der Waals surface area (Å²) in [6.07, 6.45) is 5.17. The van der Waals surface area contributed by atoms with E-state index in [4.69, 9.17) is 17.3 Å². The largest absolute Gasteiger partial charge is 0.329 e. The van der Waals surface area contributed by atoms with Crippen LogP contribution in [0.5, 0.6) is 0 Å². The fourth-order valence-corrected chi connectivity index (χ4v) is 3.99. The molecule has 0 aromatic heterocycles. The van der Waals surface area contributed by atoms with Crippen LogP contribution in [-0.4, -0.2) is 24.5 Å². The second kappa shape index (κ2) is 7.26. The molecule has 0 radical (unpaired) electrons. The average molecular weight is 360 g/mol. The number of likely N-dealkylation sites (N-methyl/N-ethyl adjacent to an activating group) is 1. The molecule has 1 aromatic carbocycles. The van der Waals surface area contributed by atoms with Gasteiger partial charge in [0.15, 0.2) is 0 Å². The van der Waals surface area contributed by atoms with Gasteiger partial charge in [-0.1, -0.05) is 40.5 Å². The summed E-state index contributed by atoms with van der Waals surface area (Å²) in [5.74, 6) is 0.868. The first-order chi connectivity index (χ1) is 9.52. The van der Waals surface area contributed by atoms with Crippen molar-refractivity contribution in [2.75, 3.05) is 13.6 Å². The summed E-state index contributed by atoms with van der Waals surface area (Å²) in [6, 6.07) is 6.91. The van der Waals surface area contributed by atoms with E-state index < -0.39 is 0 Å². The molecule has 2 rings (SSSR count). The molecule has 1 aliphatic rings. The van der Waals surface area contributed by atoms with Crippen LogP contribution in [0.2, 0.25) is 5.02 Å². The minimum absolute atomic E-state index is 0.203. The first-order valence-electron chi connectivity index (χ1n) is 7.40. The third kappa shape index (κ3) is 3.76. The van der Waals surface area contributed by atoms with Crippen molar-refractivity contribution >= 4 is 27.5 Å². The Hall–Kier alpha value is -0.0900. The smallest absolute Gasteiger partial charge is 0.0485 e. The van der Waals surface area contributed by atoms with Crippen LogP contribution in [0.1, 0.15) is 44.2 Å². The summed E-state index contributed by atoms with van der Waals surface area (Å²) in [7, 11) is 2.19. The summed E-state index contributed by atoms with van der Waals surface area (Å²) >= 11 is 9.86. The number of benzene rings is 1. The van der Waals surface area contributed by atoms with Crippen molar-refractivity contribution in [3.8, 4) is 0 Å². The normalized spacial score (nSPS) is 24.9. The second-order valence-corrected chi connectivity index (χ2v) is 7.32. The topological polar surface area (TPSA) is 29.3 Å². The van der Waals surface area contributed by atoms with Crippen molar-refractivity contribution in [2.45, 2.75) is 44.7 Å². The zero-order valence-electron chi connectivity index (χ0n) is 12.3. The highest BCUT2D eigenvalue weighted by Gasteiger charge is 2.27. The van der Waals surface area contributed by atoms with Crippen LogP contribution >= 0.6 is 27.5 Å². The summed E-state index contributed by atoms with van der Waals surface area (Å²) in [6.45, 7) is 2.95. The average Bonchev–Trinajstić information content (AvgIpc) is 2.42. The number of hydrogen-bond donors (Lipinski definition) is 1. The minimum atomic E-state index is 0.203. The Morgan fingerprint density at radius 2 is 2.00 bits per heavy atom. The van der Waals surface area contributed by atoms with Crippen LogP contribution in [0.4, 0.5) is 0 Å². The van der Waals surface area contributed by atoms with Crippen molar-refractivity contribution in [2.24, 2.45) is 11.7 Å². The van der Waals surface area contributed by atoms with Gasteiger partial charge in [-0.3, -0.25) is 4.90 Å². The van der Waals surface area contributed by atoms with Crippen LogP contribution in [0.25, 0.3) is 0 Å². The predicted octanol–water partition coefficient (Wildman–Crippen LogP) is 4.61. The zero-order valence-corrected chi connectivity index (χ0v) is 14.6. The molecule has 0 spiro atoms. The number of rotatable bonds is 4. The van der Waals surface area contributed by atoms with Crippen LogP contribution in [0, 0.1) is 5.92 Å². The van der Waals surface area contributed by atoms with Crippen molar-refractivity contribution in [1.82, 2.24) is 4.90 Å². The van der Waals surface area contributed by atoms with E-state index in [1.165, 1.54) is 25.7 Å². The van der Waals surface area contributed by atoms with Gasteiger partial charge in [0.1, 0.15) is 0 Å². The Balaban J connectivity index is 2.14. The highest BCUT2D eigenvalue weighted by Crippen LogP contribution is 2.34. The van der Waals surface area contributed by atoms with Gasteiger partial charge in [0.05, 0.1) is 0 Å². The van der Waals surface area contributed by atoms with Crippen LogP contribution < -0.4 is 5.73 Å². The van der Waals surface area contributed by atoms with Gasteiger partial charge in [0.25, 0.3) is 0 Å². The maximum Gasteiger partial charge on any atom is 0.0485 e. The zero-order chi connectivity index (χ0) is 14.7. The van der Waals surface area contributed by atoms with Crippen LogP contribution in [0.3, 0.4) is 0 Å². The van der Waals surface area contributed by atoms with Gasteiger partial charge < -0.3 is 5.73 Å². The lowest BCUT2D eigenvalue weighted by Gasteiger charge is -2.38. The molecular formula is C16H24BrClN2. The summed E-state index contributed by atoms with van der Waals surface area (Å²) in [5.41, 5.74) is 7.17. The number of halogens is 2. The van der Waals surface area contributed by atoms with Crippen molar-refractivity contribution < 1.29 is 0 Å². The van der Waals surface area contributed by atoms with E-state index in [1.54, 1.807) is 0 Å². The first-order valence-corrected chi connectivity index (χ1v) is 8.57. The first kappa shape index (κ1) is 16.3. The Bertz CT molecular complexity index is 444. The van der Waals surface area contributed by atoms with Gasteiger partial charge in [-0.25, -0.2) is 0 Å². The minimum Gasteiger partial charge on any atom is -0.329 e. The van der Waals surface area contributed by atoms with Gasteiger partial charge in [-0.15, -0.1) is 0 Å². The predicted molar refractivity (Wildman–Crippen MR) is 90.1 cm³/mol. The molecule has 1 fully saturated rings. The van der Waals surface area contributed by atoms with Crippen LogP contribution in [0.15, 0.2) is 22.7 Å². The highest BCUT2D eigenvalue weighted by molar-refractivity contribution is 9.10. The van der Waals surface area contributed by atoms with E-state index in [2.05, 4.69) is 40.9 Å². The Morgan fingerprint density at radius 3 is 2.55 bits per heavy atom. The lowest BCUT2D eigenvalue weighted by Crippen LogP contribution is -2.40. The van der Waals surface area contributed by atoms with Crippen molar-refractivity contribution in [3.63, 3.8) is 0 Å². The van der Waals surface area contributed by atoms with E-state index in [-0.39, 0.29) is 6.04 Å². The van der Waals surface area contributed by atoms with Crippen molar-refractivity contribution in [3.05, 3.63) is 33.3 Å². The second-order valence-electron chi connectivity index (χ2n) is 6.00. The molecule has 0 bridgehead atoms. The monoisotopic (exact) mass is 358 g/mol. The molecule has 2 N–H and O–H groups in total. The molecule has 1 aliphatic carbocycles. The van der Waals surface area contributed by atoms with E-state index in [1.807, 2.05) is 12.1 Å². The molecule has 0 heterocycles. The lowest BCUT2D eigenvalue weighted by atomic mass is 9.86. The number of nitrogens with two attached hydrogens (primary N) is 1. The quantitative estimate of drug-likeness (QED) is 0.850. The van der Waals surface area contributed by atoms with Gasteiger partial charge in [0.2, 0.25) is 0 Å². The fraction of sp³-hybridized carbons (Fsp3) is 0.625. The van der Waals surface area contributed by atoms with E-state index in [0.29, 0.717) is 12.6 Å². The van der Waals surface area contributed by atoms with Gasteiger partial charge in [-0.2, -0.15) is 0 Å². The maximum atomic E-state index is 6.40. The molecule has 112 valence electrons. The molecule has 1 atom stereocenters. The Morgan fingerprint density at radius 1 is 1.35 bits per heavy atom. The third-order valence-corrected chi connectivity index (χ3v) is 5.42. The summed E-state index contributed by atoms with van der Waals surface area (Å²) in [4.78, 5) is 2.43.